The van der Waals surface area contributed by atoms with E-state index in [2.05, 4.69) is 29.3 Å². The summed E-state index contributed by atoms with van der Waals surface area (Å²) in [6, 6.07) is 9.90. The highest BCUT2D eigenvalue weighted by molar-refractivity contribution is 7.09. The first-order valence-electron chi connectivity index (χ1n) is 5.97. The van der Waals surface area contributed by atoms with E-state index in [0.717, 1.165) is 35.9 Å². The van der Waals surface area contributed by atoms with Crippen LogP contribution >= 0.6 is 22.9 Å². The van der Waals surface area contributed by atoms with Gasteiger partial charge in [0.1, 0.15) is 0 Å². The molecule has 0 bridgehead atoms. The molecule has 1 heterocycles. The molecule has 0 saturated heterocycles. The molecule has 0 radical (unpaired) electrons. The topological polar surface area (TPSA) is 29.3 Å². The molecule has 2 N–H and O–H groups in total. The van der Waals surface area contributed by atoms with E-state index in [9.17, 15) is 0 Å². The van der Waals surface area contributed by atoms with Crippen molar-refractivity contribution in [3.05, 3.63) is 51.2 Å². The van der Waals surface area contributed by atoms with E-state index in [1.165, 1.54) is 4.88 Å². The van der Waals surface area contributed by atoms with Gasteiger partial charge in [-0.3, -0.25) is 4.90 Å². The maximum Gasteiger partial charge on any atom is 0.0452 e. The van der Waals surface area contributed by atoms with E-state index in [0.29, 0.717) is 0 Å². The number of nitrogens with zero attached hydrogens (tertiary/aromatic N) is 1. The smallest absolute Gasteiger partial charge is 0.0452 e. The number of hydrogen-bond donors (Lipinski definition) is 1. The van der Waals surface area contributed by atoms with Crippen molar-refractivity contribution in [3.63, 3.8) is 0 Å². The lowest BCUT2D eigenvalue weighted by Gasteiger charge is -2.20. The monoisotopic (exact) mass is 280 g/mol. The highest BCUT2D eigenvalue weighted by atomic mass is 35.5. The van der Waals surface area contributed by atoms with Gasteiger partial charge < -0.3 is 5.73 Å². The summed E-state index contributed by atoms with van der Waals surface area (Å²) in [6.07, 6.45) is 0. The van der Waals surface area contributed by atoms with Crippen LogP contribution in [0.25, 0.3) is 0 Å². The van der Waals surface area contributed by atoms with Gasteiger partial charge in [-0.25, -0.2) is 0 Å². The molecule has 2 aromatic rings. The maximum absolute atomic E-state index is 6.20. The van der Waals surface area contributed by atoms with Crippen molar-refractivity contribution < 1.29 is 0 Å². The van der Waals surface area contributed by atoms with Gasteiger partial charge >= 0.3 is 0 Å². The van der Waals surface area contributed by atoms with Crippen LogP contribution in [-0.2, 0) is 13.1 Å². The third kappa shape index (κ3) is 3.48. The second-order valence-electron chi connectivity index (χ2n) is 4.23. The molecule has 2 rings (SSSR count). The van der Waals surface area contributed by atoms with Gasteiger partial charge in [-0.2, -0.15) is 0 Å². The van der Waals surface area contributed by atoms with Crippen molar-refractivity contribution in [2.45, 2.75) is 20.0 Å². The SMILES string of the molecule is CCN(Cc1cccs1)Cc1cc(N)ccc1Cl. The molecule has 0 unspecified atom stereocenters. The molecule has 0 aliphatic carbocycles. The summed E-state index contributed by atoms with van der Waals surface area (Å²) >= 11 is 7.98. The average Bonchev–Trinajstić information content (AvgIpc) is 2.85. The quantitative estimate of drug-likeness (QED) is 0.839. The fourth-order valence-electron chi connectivity index (χ4n) is 1.86. The summed E-state index contributed by atoms with van der Waals surface area (Å²) in [7, 11) is 0. The minimum absolute atomic E-state index is 0.765. The van der Waals surface area contributed by atoms with Crippen molar-refractivity contribution in [1.29, 1.82) is 0 Å². The van der Waals surface area contributed by atoms with Gasteiger partial charge in [0.25, 0.3) is 0 Å². The zero-order chi connectivity index (χ0) is 13.0. The Balaban J connectivity index is 2.07. The largest absolute Gasteiger partial charge is 0.399 e. The van der Waals surface area contributed by atoms with Crippen LogP contribution in [0.4, 0.5) is 5.69 Å². The lowest BCUT2D eigenvalue weighted by molar-refractivity contribution is 0.274. The number of halogens is 1. The maximum atomic E-state index is 6.20. The standard InChI is InChI=1S/C14H17ClN2S/c1-2-17(10-13-4-3-7-18-13)9-11-8-12(16)5-6-14(11)15/h3-8H,2,9-10,16H2,1H3. The Morgan fingerprint density at radius 1 is 1.28 bits per heavy atom. The van der Waals surface area contributed by atoms with Gasteiger partial charge in [-0.15, -0.1) is 11.3 Å². The summed E-state index contributed by atoms with van der Waals surface area (Å²) in [5.74, 6) is 0. The summed E-state index contributed by atoms with van der Waals surface area (Å²) < 4.78 is 0. The van der Waals surface area contributed by atoms with Crippen molar-refractivity contribution in [1.82, 2.24) is 4.90 Å². The summed E-state index contributed by atoms with van der Waals surface area (Å²) in [5.41, 5.74) is 7.66. The molecule has 0 aliphatic heterocycles. The van der Waals surface area contributed by atoms with E-state index in [1.807, 2.05) is 18.2 Å². The molecule has 1 aromatic heterocycles. The number of nitrogens with two attached hydrogens (primary N) is 1. The molecule has 2 nitrogen and oxygen atoms in total. The Labute approximate surface area is 117 Å². The molecule has 0 spiro atoms. The molecule has 4 heteroatoms. The number of nitrogen functional groups attached to an aromatic ring is 1. The molecular formula is C14H17ClN2S. The highest BCUT2D eigenvalue weighted by Crippen LogP contribution is 2.22. The van der Waals surface area contributed by atoms with Crippen LogP contribution in [0.1, 0.15) is 17.4 Å². The molecule has 96 valence electrons. The first kappa shape index (κ1) is 13.4. The van der Waals surface area contributed by atoms with Crippen molar-refractivity contribution in [3.8, 4) is 0 Å². The molecule has 18 heavy (non-hydrogen) atoms. The molecule has 0 saturated carbocycles. The van der Waals surface area contributed by atoms with Gasteiger partial charge in [-0.1, -0.05) is 24.6 Å². The minimum atomic E-state index is 0.765. The van der Waals surface area contributed by atoms with Crippen LogP contribution < -0.4 is 5.73 Å². The van der Waals surface area contributed by atoms with Crippen molar-refractivity contribution in [2.75, 3.05) is 12.3 Å². The third-order valence-corrected chi connectivity index (χ3v) is 4.10. The highest BCUT2D eigenvalue weighted by Gasteiger charge is 2.08. The zero-order valence-corrected chi connectivity index (χ0v) is 12.0. The predicted octanol–water partition coefficient (Wildman–Crippen LogP) is 4.01. The fourth-order valence-corrected chi connectivity index (χ4v) is 2.78. The second-order valence-corrected chi connectivity index (χ2v) is 5.67. The average molecular weight is 281 g/mol. The number of anilines is 1. The Bertz CT molecular complexity index is 497. The summed E-state index contributed by atoms with van der Waals surface area (Å²) in [4.78, 5) is 3.73. The number of benzene rings is 1. The van der Waals surface area contributed by atoms with Crippen LogP contribution in [0.5, 0.6) is 0 Å². The van der Waals surface area contributed by atoms with Crippen LogP contribution in [0.3, 0.4) is 0 Å². The van der Waals surface area contributed by atoms with Gasteiger partial charge in [0, 0.05) is 28.7 Å². The molecular weight excluding hydrogens is 264 g/mol. The van der Waals surface area contributed by atoms with E-state index in [1.54, 1.807) is 11.3 Å². The minimum Gasteiger partial charge on any atom is -0.399 e. The van der Waals surface area contributed by atoms with E-state index >= 15 is 0 Å². The van der Waals surface area contributed by atoms with Crippen LogP contribution in [-0.4, -0.2) is 11.4 Å². The summed E-state index contributed by atoms with van der Waals surface area (Å²) in [6.45, 7) is 4.94. The lowest BCUT2D eigenvalue weighted by Crippen LogP contribution is -2.22. The van der Waals surface area contributed by atoms with Gasteiger partial charge in [0.15, 0.2) is 0 Å². The fraction of sp³-hybridized carbons (Fsp3) is 0.286. The number of thiophene rings is 1. The summed E-state index contributed by atoms with van der Waals surface area (Å²) in [5, 5.41) is 2.89. The van der Waals surface area contributed by atoms with Gasteiger partial charge in [-0.05, 0) is 41.8 Å². The lowest BCUT2D eigenvalue weighted by atomic mass is 10.2. The number of rotatable bonds is 5. The number of hydrogen-bond acceptors (Lipinski definition) is 3. The van der Waals surface area contributed by atoms with Gasteiger partial charge in [0.2, 0.25) is 0 Å². The normalized spacial score (nSPS) is 11.1. The third-order valence-electron chi connectivity index (χ3n) is 2.87. The van der Waals surface area contributed by atoms with E-state index in [-0.39, 0.29) is 0 Å². The van der Waals surface area contributed by atoms with Crippen LogP contribution in [0.15, 0.2) is 35.7 Å². The van der Waals surface area contributed by atoms with Crippen molar-refractivity contribution >= 4 is 28.6 Å². The molecule has 0 fully saturated rings. The Morgan fingerprint density at radius 3 is 2.78 bits per heavy atom. The molecule has 1 aromatic carbocycles. The molecule has 0 atom stereocenters. The van der Waals surface area contributed by atoms with Crippen LogP contribution in [0, 0.1) is 0 Å². The van der Waals surface area contributed by atoms with E-state index in [4.69, 9.17) is 17.3 Å². The van der Waals surface area contributed by atoms with Crippen LogP contribution in [0.2, 0.25) is 5.02 Å². The first-order valence-corrected chi connectivity index (χ1v) is 7.23. The Hall–Kier alpha value is -1.03. The zero-order valence-electron chi connectivity index (χ0n) is 10.4. The predicted molar refractivity (Wildman–Crippen MR) is 80.0 cm³/mol. The Kier molecular flexibility index (Phi) is 4.64. The van der Waals surface area contributed by atoms with Gasteiger partial charge in [0.05, 0.1) is 0 Å². The van der Waals surface area contributed by atoms with Crippen molar-refractivity contribution in [2.24, 2.45) is 0 Å². The van der Waals surface area contributed by atoms with E-state index < -0.39 is 0 Å². The molecule has 0 aliphatic rings. The second kappa shape index (κ2) is 6.23. The molecule has 0 amide bonds. The first-order chi connectivity index (χ1) is 8.69. The Morgan fingerprint density at radius 2 is 2.11 bits per heavy atom.